The minimum atomic E-state index is -4.79. The van der Waals surface area contributed by atoms with Gasteiger partial charge in [-0.1, -0.05) is 11.8 Å². The number of nitrogens with zero attached hydrogens (tertiary/aromatic N) is 2. The molecule has 1 aromatic carbocycles. The molecular weight excluding hydrogens is 431 g/mol. The predicted molar refractivity (Wildman–Crippen MR) is 102 cm³/mol. The number of nitrogens with one attached hydrogen (secondary N) is 1. The van der Waals surface area contributed by atoms with E-state index in [2.05, 4.69) is 15.0 Å². The average Bonchev–Trinajstić information content (AvgIpc) is 2.62. The minimum Gasteiger partial charge on any atom is -0.406 e. The molecule has 0 aliphatic heterocycles. The highest BCUT2D eigenvalue weighted by Gasteiger charge is 2.31. The van der Waals surface area contributed by atoms with Crippen LogP contribution in [0.5, 0.6) is 5.75 Å². The van der Waals surface area contributed by atoms with Gasteiger partial charge >= 0.3 is 6.36 Å². The van der Waals surface area contributed by atoms with Crippen LogP contribution in [0.15, 0.2) is 52.5 Å². The molecule has 0 fully saturated rings. The van der Waals surface area contributed by atoms with E-state index in [1.807, 2.05) is 0 Å². The molecule has 0 aliphatic carbocycles. The molecule has 0 unspecified atom stereocenters. The van der Waals surface area contributed by atoms with E-state index in [0.717, 1.165) is 28.2 Å². The number of halogens is 3. The number of hydrogen-bond donors (Lipinski definition) is 1. The van der Waals surface area contributed by atoms with Gasteiger partial charge in [0.25, 0.3) is 0 Å². The van der Waals surface area contributed by atoms with Gasteiger partial charge in [0.05, 0.1) is 10.3 Å². The Labute approximate surface area is 170 Å². The van der Waals surface area contributed by atoms with Crippen molar-refractivity contribution in [3.63, 3.8) is 0 Å². The molecule has 1 atom stereocenters. The van der Waals surface area contributed by atoms with Crippen LogP contribution in [0.25, 0.3) is 0 Å². The van der Waals surface area contributed by atoms with Gasteiger partial charge in [0.2, 0.25) is 15.9 Å². The third kappa shape index (κ3) is 6.61. The van der Waals surface area contributed by atoms with Crippen molar-refractivity contribution in [1.29, 1.82) is 0 Å². The van der Waals surface area contributed by atoms with Gasteiger partial charge in [0.15, 0.2) is 0 Å². The fourth-order valence-corrected chi connectivity index (χ4v) is 3.65. The van der Waals surface area contributed by atoms with Crippen molar-refractivity contribution in [2.45, 2.75) is 28.5 Å². The van der Waals surface area contributed by atoms with Crippen LogP contribution in [0.2, 0.25) is 0 Å². The number of anilines is 1. The van der Waals surface area contributed by atoms with Gasteiger partial charge in [-0.3, -0.25) is 4.79 Å². The molecule has 158 valence electrons. The van der Waals surface area contributed by atoms with E-state index in [0.29, 0.717) is 10.7 Å². The highest BCUT2D eigenvalue weighted by Crippen LogP contribution is 2.26. The molecule has 0 bridgehead atoms. The number of carbonyl (C=O) groups excluding carboxylic acids is 1. The van der Waals surface area contributed by atoms with Crippen LogP contribution in [-0.2, 0) is 14.8 Å². The van der Waals surface area contributed by atoms with E-state index in [4.69, 9.17) is 0 Å². The fraction of sp³-hybridized carbons (Fsp3) is 0.294. The predicted octanol–water partition coefficient (Wildman–Crippen LogP) is 3.35. The number of ether oxygens (including phenoxy) is 1. The SMILES string of the molecule is C[C@@H](Sc1ccc(S(=O)(=O)N(C)C)cn1)C(=O)Nc1ccc(OC(F)(F)F)cc1. The Morgan fingerprint density at radius 1 is 1.17 bits per heavy atom. The Morgan fingerprint density at radius 2 is 1.79 bits per heavy atom. The summed E-state index contributed by atoms with van der Waals surface area (Å²) in [5.74, 6) is -0.791. The summed E-state index contributed by atoms with van der Waals surface area (Å²) in [4.78, 5) is 16.4. The van der Waals surface area contributed by atoms with Crippen molar-refractivity contribution in [2.75, 3.05) is 19.4 Å². The lowest BCUT2D eigenvalue weighted by Crippen LogP contribution is -2.23. The van der Waals surface area contributed by atoms with E-state index in [9.17, 15) is 26.4 Å². The van der Waals surface area contributed by atoms with Crippen molar-refractivity contribution in [1.82, 2.24) is 9.29 Å². The van der Waals surface area contributed by atoms with E-state index in [1.165, 1.54) is 44.6 Å². The number of benzene rings is 1. The van der Waals surface area contributed by atoms with E-state index < -0.39 is 33.3 Å². The Bertz CT molecular complexity index is 947. The van der Waals surface area contributed by atoms with E-state index in [-0.39, 0.29) is 4.90 Å². The summed E-state index contributed by atoms with van der Waals surface area (Å²) in [6.07, 6.45) is -3.58. The van der Waals surface area contributed by atoms with Crippen LogP contribution in [0.4, 0.5) is 18.9 Å². The van der Waals surface area contributed by atoms with Gasteiger partial charge < -0.3 is 10.1 Å². The molecule has 0 spiro atoms. The molecular formula is C17H18F3N3O4S2. The van der Waals surface area contributed by atoms with E-state index in [1.54, 1.807) is 6.92 Å². The number of carbonyl (C=O) groups is 1. The molecule has 0 radical (unpaired) electrons. The Hall–Kier alpha value is -2.31. The molecule has 1 aromatic heterocycles. The summed E-state index contributed by atoms with van der Waals surface area (Å²) in [6, 6.07) is 7.65. The second kappa shape index (κ2) is 9.01. The summed E-state index contributed by atoms with van der Waals surface area (Å²) in [5, 5.41) is 2.43. The van der Waals surface area contributed by atoms with Crippen LogP contribution >= 0.6 is 11.8 Å². The van der Waals surface area contributed by atoms with Gasteiger partial charge in [-0.25, -0.2) is 17.7 Å². The lowest BCUT2D eigenvalue weighted by molar-refractivity contribution is -0.274. The Balaban J connectivity index is 1.97. The number of hydrogen-bond acceptors (Lipinski definition) is 6. The van der Waals surface area contributed by atoms with Crippen LogP contribution in [0.3, 0.4) is 0 Å². The maximum Gasteiger partial charge on any atom is 0.573 e. The lowest BCUT2D eigenvalue weighted by Gasteiger charge is -2.14. The number of pyridine rings is 1. The fourth-order valence-electron chi connectivity index (χ4n) is 2.02. The number of alkyl halides is 3. The number of thioether (sulfide) groups is 1. The van der Waals surface area contributed by atoms with Crippen LogP contribution in [0, 0.1) is 0 Å². The standard InChI is InChI=1S/C17H18F3N3O4S2/c1-11(28-15-9-8-14(10-21-15)29(25,26)23(2)3)16(24)22-12-4-6-13(7-5-12)27-17(18,19)20/h4-11H,1-3H3,(H,22,24)/t11-/m1/s1. The molecule has 0 saturated heterocycles. The number of rotatable bonds is 7. The maximum absolute atomic E-state index is 12.3. The molecule has 2 aromatic rings. The first-order valence-corrected chi connectivity index (χ1v) is 10.4. The van der Waals surface area contributed by atoms with Crippen molar-refractivity contribution in [3.05, 3.63) is 42.6 Å². The second-order valence-electron chi connectivity index (χ2n) is 5.94. The minimum absolute atomic E-state index is 0.0325. The Kier molecular flexibility index (Phi) is 7.14. The van der Waals surface area contributed by atoms with Gasteiger partial charge in [0, 0.05) is 26.0 Å². The largest absolute Gasteiger partial charge is 0.573 e. The molecule has 29 heavy (non-hydrogen) atoms. The third-order valence-corrected chi connectivity index (χ3v) is 6.36. The summed E-state index contributed by atoms with van der Waals surface area (Å²) in [6.45, 7) is 1.62. The van der Waals surface area contributed by atoms with Crippen LogP contribution in [-0.4, -0.2) is 49.3 Å². The molecule has 1 N–H and O–H groups in total. The summed E-state index contributed by atoms with van der Waals surface area (Å²) >= 11 is 1.10. The lowest BCUT2D eigenvalue weighted by atomic mass is 10.3. The first-order valence-electron chi connectivity index (χ1n) is 8.10. The zero-order valence-corrected chi connectivity index (χ0v) is 17.2. The van der Waals surface area contributed by atoms with Crippen LogP contribution < -0.4 is 10.1 Å². The summed E-state index contributed by atoms with van der Waals surface area (Å²) in [5.41, 5.74) is 0.303. The monoisotopic (exact) mass is 449 g/mol. The third-order valence-electron chi connectivity index (χ3n) is 3.51. The molecule has 12 heteroatoms. The molecule has 2 rings (SSSR count). The summed E-state index contributed by atoms with van der Waals surface area (Å²) in [7, 11) is -0.775. The molecule has 1 amide bonds. The number of aromatic nitrogens is 1. The summed E-state index contributed by atoms with van der Waals surface area (Å²) < 4.78 is 65.3. The average molecular weight is 449 g/mol. The highest BCUT2D eigenvalue weighted by atomic mass is 32.2. The maximum atomic E-state index is 12.3. The quantitative estimate of drug-likeness (QED) is 0.653. The van der Waals surface area contributed by atoms with Crippen molar-refractivity contribution < 1.29 is 31.1 Å². The number of amides is 1. The zero-order chi connectivity index (χ0) is 21.8. The van der Waals surface area contributed by atoms with E-state index >= 15 is 0 Å². The topological polar surface area (TPSA) is 88.6 Å². The van der Waals surface area contributed by atoms with Crippen molar-refractivity contribution >= 4 is 33.4 Å². The normalized spacial score (nSPS) is 13.2. The van der Waals surface area contributed by atoms with Gasteiger partial charge in [0.1, 0.15) is 10.6 Å². The molecule has 0 aliphatic rings. The highest BCUT2D eigenvalue weighted by molar-refractivity contribution is 8.00. The second-order valence-corrected chi connectivity index (χ2v) is 9.45. The van der Waals surface area contributed by atoms with Gasteiger partial charge in [-0.15, -0.1) is 13.2 Å². The molecule has 7 nitrogen and oxygen atoms in total. The van der Waals surface area contributed by atoms with Crippen molar-refractivity contribution in [2.24, 2.45) is 0 Å². The van der Waals surface area contributed by atoms with Crippen LogP contribution in [0.1, 0.15) is 6.92 Å². The number of sulfonamides is 1. The van der Waals surface area contributed by atoms with Gasteiger partial charge in [-0.2, -0.15) is 0 Å². The first-order chi connectivity index (χ1) is 13.4. The first kappa shape index (κ1) is 23.0. The smallest absolute Gasteiger partial charge is 0.406 e. The van der Waals surface area contributed by atoms with Gasteiger partial charge in [-0.05, 0) is 43.3 Å². The molecule has 0 saturated carbocycles. The van der Waals surface area contributed by atoms with Crippen molar-refractivity contribution in [3.8, 4) is 5.75 Å². The zero-order valence-electron chi connectivity index (χ0n) is 15.6. The molecule has 1 heterocycles. The Morgan fingerprint density at radius 3 is 2.28 bits per heavy atom.